The average molecular weight is 313 g/mol. The first-order valence-electron chi connectivity index (χ1n) is 6.50. The van der Waals surface area contributed by atoms with Crippen LogP contribution in [0.15, 0.2) is 42.5 Å². The molecule has 0 amide bonds. The van der Waals surface area contributed by atoms with Gasteiger partial charge in [0.15, 0.2) is 0 Å². The molecule has 0 aromatic heterocycles. The predicted molar refractivity (Wildman–Crippen MR) is 77.6 cm³/mol. The van der Waals surface area contributed by atoms with Crippen molar-refractivity contribution < 1.29 is 18.6 Å². The Morgan fingerprint density at radius 2 is 1.95 bits per heavy atom. The van der Waals surface area contributed by atoms with Crippen LogP contribution in [-0.4, -0.2) is 17.3 Å². The Balaban J connectivity index is 2.02. The number of aliphatic hydroxyl groups is 1. The summed E-state index contributed by atoms with van der Waals surface area (Å²) in [6.45, 7) is 1.66. The van der Waals surface area contributed by atoms with Gasteiger partial charge in [-0.15, -0.1) is 0 Å². The molecule has 2 atom stereocenters. The minimum Gasteiger partial charge on any atom is -0.488 e. The van der Waals surface area contributed by atoms with Crippen molar-refractivity contribution in [2.75, 3.05) is 0 Å². The van der Waals surface area contributed by atoms with Crippen molar-refractivity contribution in [1.82, 2.24) is 0 Å². The molecule has 0 saturated heterocycles. The zero-order valence-corrected chi connectivity index (χ0v) is 12.1. The van der Waals surface area contributed by atoms with Gasteiger partial charge in [0.1, 0.15) is 23.5 Å². The van der Waals surface area contributed by atoms with Crippen molar-refractivity contribution in [3.05, 3.63) is 64.7 Å². The van der Waals surface area contributed by atoms with Crippen LogP contribution in [0.5, 0.6) is 5.75 Å². The van der Waals surface area contributed by atoms with Gasteiger partial charge in [0.25, 0.3) is 0 Å². The quantitative estimate of drug-likeness (QED) is 0.904. The molecule has 0 aliphatic rings. The van der Waals surface area contributed by atoms with Crippen LogP contribution in [-0.2, 0) is 6.42 Å². The Bertz CT molecular complexity index is 619. The number of hydrogen-bond donors (Lipinski definition) is 1. The second kappa shape index (κ2) is 6.87. The Morgan fingerprint density at radius 1 is 1.19 bits per heavy atom. The monoisotopic (exact) mass is 312 g/mol. The third-order valence-electron chi connectivity index (χ3n) is 3.10. The molecule has 0 heterocycles. The van der Waals surface area contributed by atoms with Crippen molar-refractivity contribution in [2.24, 2.45) is 0 Å². The fourth-order valence-electron chi connectivity index (χ4n) is 1.92. The van der Waals surface area contributed by atoms with Crippen LogP contribution in [0.4, 0.5) is 8.78 Å². The van der Waals surface area contributed by atoms with Gasteiger partial charge in [-0.3, -0.25) is 0 Å². The van der Waals surface area contributed by atoms with Gasteiger partial charge < -0.3 is 9.84 Å². The smallest absolute Gasteiger partial charge is 0.126 e. The Hall–Kier alpha value is -1.65. The molecule has 2 nitrogen and oxygen atoms in total. The summed E-state index contributed by atoms with van der Waals surface area (Å²) in [4.78, 5) is 0. The van der Waals surface area contributed by atoms with Gasteiger partial charge >= 0.3 is 0 Å². The summed E-state index contributed by atoms with van der Waals surface area (Å²) < 4.78 is 32.2. The molecule has 0 aliphatic heterocycles. The predicted octanol–water partition coefficient (Wildman–Crippen LogP) is 3.99. The molecule has 2 rings (SSSR count). The normalized spacial score (nSPS) is 13.8. The molecule has 2 aromatic carbocycles. The van der Waals surface area contributed by atoms with Crippen LogP contribution in [0.3, 0.4) is 0 Å². The van der Waals surface area contributed by atoms with E-state index >= 15 is 0 Å². The largest absolute Gasteiger partial charge is 0.488 e. The van der Waals surface area contributed by atoms with Gasteiger partial charge in [-0.1, -0.05) is 17.7 Å². The van der Waals surface area contributed by atoms with Crippen molar-refractivity contribution in [2.45, 2.75) is 25.6 Å². The van der Waals surface area contributed by atoms with Gasteiger partial charge in [-0.2, -0.15) is 0 Å². The van der Waals surface area contributed by atoms with E-state index in [1.807, 2.05) is 0 Å². The molecule has 0 aliphatic carbocycles. The first-order valence-corrected chi connectivity index (χ1v) is 6.87. The molecular weight excluding hydrogens is 298 g/mol. The molecule has 0 saturated carbocycles. The SMILES string of the molecule is CC(Oc1cccc(Cl)c1)C(O)Cc1cc(F)ccc1F. The summed E-state index contributed by atoms with van der Waals surface area (Å²) in [5, 5.41) is 10.6. The van der Waals surface area contributed by atoms with Crippen LogP contribution in [0.25, 0.3) is 0 Å². The third-order valence-corrected chi connectivity index (χ3v) is 3.33. The number of benzene rings is 2. The van der Waals surface area contributed by atoms with Gasteiger partial charge in [-0.25, -0.2) is 8.78 Å². The second-order valence-corrected chi connectivity index (χ2v) is 5.22. The van der Waals surface area contributed by atoms with E-state index in [0.717, 1.165) is 18.2 Å². The number of rotatable bonds is 5. The van der Waals surface area contributed by atoms with E-state index in [9.17, 15) is 13.9 Å². The van der Waals surface area contributed by atoms with E-state index in [1.54, 1.807) is 31.2 Å². The molecule has 1 N–H and O–H groups in total. The molecule has 2 aromatic rings. The van der Waals surface area contributed by atoms with Gasteiger partial charge in [0, 0.05) is 11.4 Å². The maximum atomic E-state index is 13.5. The van der Waals surface area contributed by atoms with E-state index in [2.05, 4.69) is 0 Å². The van der Waals surface area contributed by atoms with Crippen molar-refractivity contribution in [3.8, 4) is 5.75 Å². The molecule has 0 radical (unpaired) electrons. The molecule has 2 unspecified atom stereocenters. The Labute approximate surface area is 126 Å². The maximum Gasteiger partial charge on any atom is 0.126 e. The minimum absolute atomic E-state index is 0.0364. The lowest BCUT2D eigenvalue weighted by Gasteiger charge is -2.21. The summed E-state index contributed by atoms with van der Waals surface area (Å²) in [6.07, 6.45) is -1.60. The molecule has 0 spiro atoms. The van der Waals surface area contributed by atoms with Crippen LogP contribution in [0.1, 0.15) is 12.5 Å². The van der Waals surface area contributed by atoms with E-state index in [-0.39, 0.29) is 12.0 Å². The standard InChI is InChI=1S/C16H15ClF2O2/c1-10(21-14-4-2-3-12(17)9-14)16(20)8-11-7-13(18)5-6-15(11)19/h2-7,9-10,16,20H,8H2,1H3. The summed E-state index contributed by atoms with van der Waals surface area (Å²) in [5.74, 6) is -0.582. The molecule has 112 valence electrons. The number of aliphatic hydroxyl groups excluding tert-OH is 1. The lowest BCUT2D eigenvalue weighted by atomic mass is 10.0. The Kier molecular flexibility index (Phi) is 5.15. The highest BCUT2D eigenvalue weighted by Crippen LogP contribution is 2.20. The highest BCUT2D eigenvalue weighted by molar-refractivity contribution is 6.30. The maximum absolute atomic E-state index is 13.5. The fraction of sp³-hybridized carbons (Fsp3) is 0.250. The van der Waals surface area contributed by atoms with Crippen LogP contribution in [0, 0.1) is 11.6 Å². The van der Waals surface area contributed by atoms with Crippen molar-refractivity contribution in [3.63, 3.8) is 0 Å². The van der Waals surface area contributed by atoms with Gasteiger partial charge in [-0.05, 0) is 48.9 Å². The minimum atomic E-state index is -0.972. The summed E-state index contributed by atoms with van der Waals surface area (Å²) in [5.41, 5.74) is 0.115. The Morgan fingerprint density at radius 3 is 2.67 bits per heavy atom. The zero-order valence-electron chi connectivity index (χ0n) is 11.4. The van der Waals surface area contributed by atoms with Gasteiger partial charge in [0.2, 0.25) is 0 Å². The van der Waals surface area contributed by atoms with E-state index < -0.39 is 23.8 Å². The van der Waals surface area contributed by atoms with Gasteiger partial charge in [0.05, 0.1) is 6.10 Å². The summed E-state index contributed by atoms with van der Waals surface area (Å²) in [7, 11) is 0. The first-order chi connectivity index (χ1) is 9.95. The molecule has 21 heavy (non-hydrogen) atoms. The van der Waals surface area contributed by atoms with Crippen molar-refractivity contribution >= 4 is 11.6 Å². The topological polar surface area (TPSA) is 29.5 Å². The zero-order chi connectivity index (χ0) is 15.4. The summed E-state index contributed by atoms with van der Waals surface area (Å²) >= 11 is 5.84. The molecular formula is C16H15ClF2O2. The molecule has 5 heteroatoms. The van der Waals surface area contributed by atoms with Crippen LogP contribution >= 0.6 is 11.6 Å². The fourth-order valence-corrected chi connectivity index (χ4v) is 2.10. The van der Waals surface area contributed by atoms with E-state index in [4.69, 9.17) is 16.3 Å². The number of halogens is 3. The first kappa shape index (κ1) is 15.7. The van der Waals surface area contributed by atoms with E-state index in [1.165, 1.54) is 0 Å². The van der Waals surface area contributed by atoms with Crippen molar-refractivity contribution in [1.29, 1.82) is 0 Å². The summed E-state index contributed by atoms with van der Waals surface area (Å²) in [6, 6.07) is 9.91. The molecule has 0 bridgehead atoms. The highest BCUT2D eigenvalue weighted by atomic mass is 35.5. The van der Waals surface area contributed by atoms with Crippen LogP contribution < -0.4 is 4.74 Å². The van der Waals surface area contributed by atoms with Crippen LogP contribution in [0.2, 0.25) is 5.02 Å². The second-order valence-electron chi connectivity index (χ2n) is 4.79. The average Bonchev–Trinajstić information content (AvgIpc) is 2.43. The number of ether oxygens (including phenoxy) is 1. The third kappa shape index (κ3) is 4.41. The lowest BCUT2D eigenvalue weighted by Crippen LogP contribution is -2.31. The highest BCUT2D eigenvalue weighted by Gasteiger charge is 2.18. The number of hydrogen-bond acceptors (Lipinski definition) is 2. The van der Waals surface area contributed by atoms with E-state index in [0.29, 0.717) is 10.8 Å². The molecule has 0 fully saturated rings. The lowest BCUT2D eigenvalue weighted by molar-refractivity contribution is 0.0473.